The molecule has 0 bridgehead atoms. The summed E-state index contributed by atoms with van der Waals surface area (Å²) in [6, 6.07) is 10.4. The smallest absolute Gasteiger partial charge is 0.403 e. The van der Waals surface area contributed by atoms with Crippen molar-refractivity contribution in [3.8, 4) is 0 Å². The number of benzene rings is 1. The Morgan fingerprint density at radius 1 is 1.05 bits per heavy atom. The second-order valence-corrected chi connectivity index (χ2v) is 6.30. The van der Waals surface area contributed by atoms with Crippen LogP contribution in [-0.2, 0) is 15.7 Å². The van der Waals surface area contributed by atoms with E-state index in [1.165, 1.54) is 5.56 Å². The first-order valence-electron chi connectivity index (χ1n) is 6.86. The molecule has 0 atom stereocenters. The Morgan fingerprint density at radius 3 is 2.11 bits per heavy atom. The molecule has 1 aliphatic heterocycles. The van der Waals surface area contributed by atoms with Gasteiger partial charge in [0.15, 0.2) is 0 Å². The lowest BCUT2D eigenvalue weighted by Gasteiger charge is -2.32. The van der Waals surface area contributed by atoms with Gasteiger partial charge in [-0.15, -0.1) is 6.58 Å². The molecule has 1 aromatic carbocycles. The quantitative estimate of drug-likeness (QED) is 0.602. The van der Waals surface area contributed by atoms with Gasteiger partial charge in [-0.3, -0.25) is 0 Å². The van der Waals surface area contributed by atoms with Crippen molar-refractivity contribution in [2.75, 3.05) is 0 Å². The van der Waals surface area contributed by atoms with E-state index in [2.05, 4.69) is 58.5 Å². The molecule has 0 N–H and O–H groups in total. The van der Waals surface area contributed by atoms with Gasteiger partial charge < -0.3 is 9.31 Å². The first-order valence-corrected chi connectivity index (χ1v) is 6.86. The van der Waals surface area contributed by atoms with Crippen LogP contribution in [0.2, 0.25) is 6.32 Å². The van der Waals surface area contributed by atoms with Crippen molar-refractivity contribution in [3.63, 3.8) is 0 Å². The molecule has 0 amide bonds. The third kappa shape index (κ3) is 3.28. The van der Waals surface area contributed by atoms with Crippen LogP contribution in [0, 0.1) is 0 Å². The van der Waals surface area contributed by atoms with Gasteiger partial charge in [0, 0.05) is 6.32 Å². The van der Waals surface area contributed by atoms with Gasteiger partial charge in [0.1, 0.15) is 0 Å². The number of hydrogen-bond acceptors (Lipinski definition) is 2. The average Bonchev–Trinajstić information content (AvgIpc) is 2.47. The molecule has 0 aromatic heterocycles. The van der Waals surface area contributed by atoms with Crippen LogP contribution in [0.1, 0.15) is 33.3 Å². The summed E-state index contributed by atoms with van der Waals surface area (Å²) in [5, 5.41) is 0. The van der Waals surface area contributed by atoms with Gasteiger partial charge in [-0.2, -0.15) is 0 Å². The molecule has 19 heavy (non-hydrogen) atoms. The predicted molar refractivity (Wildman–Crippen MR) is 80.2 cm³/mol. The van der Waals surface area contributed by atoms with Crippen LogP contribution in [-0.4, -0.2) is 18.3 Å². The first-order chi connectivity index (χ1) is 8.80. The predicted octanol–water partition coefficient (Wildman–Crippen LogP) is 3.88. The monoisotopic (exact) mass is 258 g/mol. The van der Waals surface area contributed by atoms with Crippen molar-refractivity contribution in [3.05, 3.63) is 48.0 Å². The second kappa shape index (κ2) is 5.14. The van der Waals surface area contributed by atoms with E-state index in [9.17, 15) is 0 Å². The lowest BCUT2D eigenvalue weighted by Crippen LogP contribution is -2.41. The van der Waals surface area contributed by atoms with E-state index in [1.807, 2.05) is 6.07 Å². The molecule has 0 spiro atoms. The summed E-state index contributed by atoms with van der Waals surface area (Å²) in [5.41, 5.74) is 1.91. The highest BCUT2D eigenvalue weighted by atomic mass is 16.7. The zero-order valence-electron chi connectivity index (χ0n) is 12.4. The lowest BCUT2D eigenvalue weighted by atomic mass is 9.79. The van der Waals surface area contributed by atoms with Crippen LogP contribution in [0.15, 0.2) is 42.5 Å². The highest BCUT2D eigenvalue weighted by Crippen LogP contribution is 2.38. The molecule has 3 heteroatoms. The fourth-order valence-corrected chi connectivity index (χ4v) is 2.24. The van der Waals surface area contributed by atoms with E-state index in [-0.39, 0.29) is 18.3 Å². The van der Waals surface area contributed by atoms with Crippen molar-refractivity contribution in [2.45, 2.75) is 51.6 Å². The summed E-state index contributed by atoms with van der Waals surface area (Å²) in [6.45, 7) is 12.5. The first kappa shape index (κ1) is 14.4. The highest BCUT2D eigenvalue weighted by molar-refractivity contribution is 6.46. The fourth-order valence-electron chi connectivity index (χ4n) is 2.24. The van der Waals surface area contributed by atoms with Gasteiger partial charge in [0.2, 0.25) is 0 Å². The fraction of sp³-hybridized carbons (Fsp3) is 0.500. The largest absolute Gasteiger partial charge is 0.462 e. The van der Waals surface area contributed by atoms with E-state index in [0.29, 0.717) is 0 Å². The summed E-state index contributed by atoms with van der Waals surface area (Å²) in [5.74, 6) is 0. The van der Waals surface area contributed by atoms with Gasteiger partial charge >= 0.3 is 7.12 Å². The van der Waals surface area contributed by atoms with Crippen LogP contribution in [0.3, 0.4) is 0 Å². The zero-order chi connectivity index (χ0) is 14.1. The van der Waals surface area contributed by atoms with Crippen LogP contribution in [0.5, 0.6) is 0 Å². The standard InChI is InChI=1S/C16H23BO2/c1-13(11-14-9-7-6-8-10-14)12-17-18-15(2,3)16(4,5)19-17/h6-10H,1,11-12H2,2-5H3. The summed E-state index contributed by atoms with van der Waals surface area (Å²) in [7, 11) is -0.179. The van der Waals surface area contributed by atoms with Gasteiger partial charge in [-0.25, -0.2) is 0 Å². The molecule has 1 aromatic rings. The van der Waals surface area contributed by atoms with Crippen LogP contribution in [0.25, 0.3) is 0 Å². The molecular weight excluding hydrogens is 235 g/mol. The Kier molecular flexibility index (Phi) is 3.89. The van der Waals surface area contributed by atoms with E-state index < -0.39 is 0 Å². The highest BCUT2D eigenvalue weighted by Gasteiger charge is 2.50. The molecule has 1 saturated heterocycles. The van der Waals surface area contributed by atoms with Crippen molar-refractivity contribution in [1.29, 1.82) is 0 Å². The Labute approximate surface area is 117 Å². The van der Waals surface area contributed by atoms with Crippen molar-refractivity contribution in [2.24, 2.45) is 0 Å². The molecule has 0 radical (unpaired) electrons. The Bertz CT molecular complexity index is 435. The van der Waals surface area contributed by atoms with E-state index in [4.69, 9.17) is 9.31 Å². The topological polar surface area (TPSA) is 18.5 Å². The molecule has 1 fully saturated rings. The Morgan fingerprint density at radius 2 is 1.58 bits per heavy atom. The maximum Gasteiger partial charge on any atom is 0.462 e. The maximum atomic E-state index is 5.99. The van der Waals surface area contributed by atoms with Crippen LogP contribution in [0.4, 0.5) is 0 Å². The molecule has 2 rings (SSSR count). The molecule has 0 saturated carbocycles. The average molecular weight is 258 g/mol. The lowest BCUT2D eigenvalue weighted by molar-refractivity contribution is 0.00578. The third-order valence-electron chi connectivity index (χ3n) is 4.05. The number of allylic oxidation sites excluding steroid dienone is 1. The van der Waals surface area contributed by atoms with Crippen molar-refractivity contribution in [1.82, 2.24) is 0 Å². The Balaban J connectivity index is 1.91. The van der Waals surface area contributed by atoms with E-state index in [0.717, 1.165) is 18.3 Å². The molecule has 102 valence electrons. The molecule has 0 aliphatic carbocycles. The number of hydrogen-bond donors (Lipinski definition) is 0. The van der Waals surface area contributed by atoms with Crippen LogP contribution >= 0.6 is 0 Å². The molecule has 0 unspecified atom stereocenters. The zero-order valence-corrected chi connectivity index (χ0v) is 12.4. The minimum atomic E-state index is -0.259. The Hall–Kier alpha value is -1.06. The summed E-state index contributed by atoms with van der Waals surface area (Å²) < 4.78 is 12.0. The van der Waals surface area contributed by atoms with Gasteiger partial charge in [0.25, 0.3) is 0 Å². The SMILES string of the molecule is C=C(CB1OC(C)(C)C(C)(C)O1)Cc1ccccc1. The van der Waals surface area contributed by atoms with E-state index >= 15 is 0 Å². The van der Waals surface area contributed by atoms with Crippen LogP contribution < -0.4 is 0 Å². The van der Waals surface area contributed by atoms with E-state index in [1.54, 1.807) is 0 Å². The maximum absolute atomic E-state index is 5.99. The summed E-state index contributed by atoms with van der Waals surface area (Å²) >= 11 is 0. The molecular formula is C16H23BO2. The third-order valence-corrected chi connectivity index (χ3v) is 4.05. The number of rotatable bonds is 4. The second-order valence-electron chi connectivity index (χ2n) is 6.30. The van der Waals surface area contributed by atoms with Crippen molar-refractivity contribution < 1.29 is 9.31 Å². The molecule has 1 heterocycles. The minimum Gasteiger partial charge on any atom is -0.403 e. The van der Waals surface area contributed by atoms with Gasteiger partial charge in [0.05, 0.1) is 11.2 Å². The van der Waals surface area contributed by atoms with Gasteiger partial charge in [-0.1, -0.05) is 35.9 Å². The minimum absolute atomic E-state index is 0.179. The molecule has 1 aliphatic rings. The van der Waals surface area contributed by atoms with Crippen molar-refractivity contribution >= 4 is 7.12 Å². The summed E-state index contributed by atoms with van der Waals surface area (Å²) in [6.07, 6.45) is 1.63. The molecule has 2 nitrogen and oxygen atoms in total. The van der Waals surface area contributed by atoms with Gasteiger partial charge in [-0.05, 0) is 39.7 Å². The summed E-state index contributed by atoms with van der Waals surface area (Å²) in [4.78, 5) is 0. The normalized spacial score (nSPS) is 20.5.